The molecule has 0 nitrogen and oxygen atoms in total. The summed E-state index contributed by atoms with van der Waals surface area (Å²) >= 11 is 0. The molecular weight excluding hydrogens is 393 g/mol. The number of halogens is 3. The van der Waals surface area contributed by atoms with Gasteiger partial charge in [0.25, 0.3) is 0 Å². The number of benzene rings is 1. The molecule has 8 aliphatic carbocycles. The van der Waals surface area contributed by atoms with Crippen LogP contribution in [0.3, 0.4) is 0 Å². The fraction of sp³-hybridized carbons (Fsp3) is 0.786. The average molecular weight is 429 g/mol. The van der Waals surface area contributed by atoms with Crippen LogP contribution in [0, 0.1) is 46.3 Å². The van der Waals surface area contributed by atoms with E-state index in [2.05, 4.69) is 6.07 Å². The fourth-order valence-electron chi connectivity index (χ4n) is 11.3. The van der Waals surface area contributed by atoms with Crippen LogP contribution in [0.4, 0.5) is 13.2 Å². The van der Waals surface area contributed by atoms with E-state index in [1.165, 1.54) is 83.1 Å². The Morgan fingerprint density at radius 2 is 1.03 bits per heavy atom. The van der Waals surface area contributed by atoms with E-state index in [4.69, 9.17) is 0 Å². The van der Waals surface area contributed by atoms with Gasteiger partial charge in [-0.2, -0.15) is 13.2 Å². The quantitative estimate of drug-likeness (QED) is 0.455. The van der Waals surface area contributed by atoms with E-state index in [1.54, 1.807) is 12.1 Å². The second kappa shape index (κ2) is 6.32. The minimum Gasteiger partial charge on any atom is -0.166 e. The van der Waals surface area contributed by atoms with Crippen molar-refractivity contribution in [2.45, 2.75) is 89.1 Å². The van der Waals surface area contributed by atoms with Gasteiger partial charge in [0, 0.05) is 0 Å². The molecule has 8 fully saturated rings. The monoisotopic (exact) mass is 428 g/mol. The summed E-state index contributed by atoms with van der Waals surface area (Å²) in [4.78, 5) is 0. The molecule has 0 spiro atoms. The van der Waals surface area contributed by atoms with Gasteiger partial charge in [-0.25, -0.2) is 0 Å². The largest absolute Gasteiger partial charge is 0.416 e. The van der Waals surface area contributed by atoms with Crippen molar-refractivity contribution in [3.63, 3.8) is 0 Å². The Hall–Kier alpha value is -0.990. The summed E-state index contributed by atoms with van der Waals surface area (Å²) in [5, 5.41) is 0. The van der Waals surface area contributed by atoms with E-state index in [-0.39, 0.29) is 10.8 Å². The van der Waals surface area contributed by atoms with Crippen LogP contribution in [0.2, 0.25) is 0 Å². The Labute approximate surface area is 184 Å². The van der Waals surface area contributed by atoms with Crippen LogP contribution in [0.1, 0.15) is 94.1 Å². The van der Waals surface area contributed by atoms with Crippen molar-refractivity contribution in [2.24, 2.45) is 46.3 Å². The molecule has 0 aromatic heterocycles. The molecule has 8 saturated carbocycles. The summed E-state index contributed by atoms with van der Waals surface area (Å²) in [6, 6.07) is 6.69. The van der Waals surface area contributed by atoms with Gasteiger partial charge in [-0.3, -0.25) is 0 Å². The molecule has 0 heterocycles. The molecule has 0 aliphatic heterocycles. The van der Waals surface area contributed by atoms with Crippen molar-refractivity contribution in [3.8, 4) is 0 Å². The van der Waals surface area contributed by atoms with E-state index in [1.807, 2.05) is 0 Å². The van der Waals surface area contributed by atoms with Gasteiger partial charge in [0.15, 0.2) is 0 Å². The normalized spacial score (nSPS) is 48.4. The number of hydrogen-bond donors (Lipinski definition) is 0. The maximum atomic E-state index is 13.8. The first-order chi connectivity index (χ1) is 14.8. The Balaban J connectivity index is 1.38. The maximum Gasteiger partial charge on any atom is 0.416 e. The van der Waals surface area contributed by atoms with E-state index >= 15 is 0 Å². The highest BCUT2D eigenvalue weighted by atomic mass is 19.4. The molecule has 8 bridgehead atoms. The zero-order chi connectivity index (χ0) is 21.0. The molecule has 31 heavy (non-hydrogen) atoms. The summed E-state index contributed by atoms with van der Waals surface area (Å²) in [6.07, 6.45) is 11.9. The van der Waals surface area contributed by atoms with Crippen molar-refractivity contribution in [3.05, 3.63) is 35.4 Å². The van der Waals surface area contributed by atoms with Crippen molar-refractivity contribution < 1.29 is 13.2 Å². The molecule has 0 N–H and O–H groups in total. The highest BCUT2D eigenvalue weighted by molar-refractivity contribution is 5.34. The van der Waals surface area contributed by atoms with Gasteiger partial charge in [-0.05, 0) is 141 Å². The Kier molecular flexibility index (Phi) is 3.97. The van der Waals surface area contributed by atoms with Crippen LogP contribution in [0.25, 0.3) is 0 Å². The van der Waals surface area contributed by atoms with Gasteiger partial charge in [-0.15, -0.1) is 0 Å². The molecule has 3 heteroatoms. The lowest BCUT2D eigenvalue weighted by Gasteiger charge is -2.67. The Morgan fingerprint density at radius 1 is 0.645 bits per heavy atom. The second-order valence-corrected chi connectivity index (χ2v) is 13.1. The van der Waals surface area contributed by atoms with Crippen LogP contribution >= 0.6 is 0 Å². The Morgan fingerprint density at radius 3 is 1.39 bits per heavy atom. The standard InChI is InChI=1S/C28H35F3/c29-28(30,31)24-3-1-2-23(10-24)25(26-11-17-4-18(12-26)6-19(5-17)13-26)27-14-20-7-21(15-27)9-22(8-20)16-27/h1-3,10,17-22,25H,4-9,11-16H2. The molecule has 0 radical (unpaired) electrons. The number of alkyl halides is 3. The molecule has 9 rings (SSSR count). The molecule has 0 unspecified atom stereocenters. The summed E-state index contributed by atoms with van der Waals surface area (Å²) in [5.41, 5.74) is 1.16. The van der Waals surface area contributed by atoms with E-state index < -0.39 is 11.7 Å². The molecule has 0 atom stereocenters. The lowest BCUT2D eigenvalue weighted by atomic mass is 9.37. The number of hydrogen-bond acceptors (Lipinski definition) is 0. The topological polar surface area (TPSA) is 0 Å². The molecule has 0 saturated heterocycles. The van der Waals surface area contributed by atoms with E-state index in [0.717, 1.165) is 41.1 Å². The highest BCUT2D eigenvalue weighted by Crippen LogP contribution is 2.73. The minimum atomic E-state index is -4.25. The van der Waals surface area contributed by atoms with Gasteiger partial charge in [-0.1, -0.05) is 18.2 Å². The van der Waals surface area contributed by atoms with Crippen molar-refractivity contribution in [1.29, 1.82) is 0 Å². The molecule has 8 aliphatic rings. The average Bonchev–Trinajstić information content (AvgIpc) is 2.65. The van der Waals surface area contributed by atoms with Gasteiger partial charge >= 0.3 is 6.18 Å². The maximum absolute atomic E-state index is 13.8. The van der Waals surface area contributed by atoms with Gasteiger partial charge in [0.2, 0.25) is 0 Å². The lowest BCUT2D eigenvalue weighted by Crippen LogP contribution is -2.57. The fourth-order valence-corrected chi connectivity index (χ4v) is 11.3. The van der Waals surface area contributed by atoms with E-state index in [0.29, 0.717) is 5.92 Å². The van der Waals surface area contributed by atoms with Crippen LogP contribution in [0.5, 0.6) is 0 Å². The predicted molar refractivity (Wildman–Crippen MR) is 115 cm³/mol. The van der Waals surface area contributed by atoms with Gasteiger partial charge < -0.3 is 0 Å². The van der Waals surface area contributed by atoms with Crippen LogP contribution < -0.4 is 0 Å². The predicted octanol–water partition coefficient (Wildman–Crippen LogP) is 8.22. The third-order valence-electron chi connectivity index (χ3n) is 10.9. The van der Waals surface area contributed by atoms with Crippen molar-refractivity contribution >= 4 is 0 Å². The third kappa shape index (κ3) is 2.93. The minimum absolute atomic E-state index is 0.268. The molecule has 1 aromatic rings. The van der Waals surface area contributed by atoms with Crippen molar-refractivity contribution in [2.75, 3.05) is 0 Å². The third-order valence-corrected chi connectivity index (χ3v) is 10.9. The summed E-state index contributed by atoms with van der Waals surface area (Å²) in [5.74, 6) is 5.40. The first kappa shape index (κ1) is 19.5. The second-order valence-electron chi connectivity index (χ2n) is 13.1. The first-order valence-electron chi connectivity index (χ1n) is 13.0. The van der Waals surface area contributed by atoms with Crippen molar-refractivity contribution in [1.82, 2.24) is 0 Å². The zero-order valence-corrected chi connectivity index (χ0v) is 18.5. The molecule has 1 aromatic carbocycles. The SMILES string of the molecule is FC(F)(F)c1cccc(C(C23CC4CC(CC(C4)C2)C3)C23CC4CC(CC(C4)C2)C3)c1. The number of rotatable bonds is 3. The first-order valence-corrected chi connectivity index (χ1v) is 13.0. The highest BCUT2D eigenvalue weighted by Gasteiger charge is 2.63. The van der Waals surface area contributed by atoms with Crippen LogP contribution in [-0.2, 0) is 6.18 Å². The van der Waals surface area contributed by atoms with E-state index in [9.17, 15) is 13.2 Å². The summed E-state index contributed by atoms with van der Waals surface area (Å²) in [6.45, 7) is 0. The van der Waals surface area contributed by atoms with Gasteiger partial charge in [0.05, 0.1) is 5.56 Å². The smallest absolute Gasteiger partial charge is 0.166 e. The lowest BCUT2D eigenvalue weighted by molar-refractivity contribution is -0.145. The molecule has 0 amide bonds. The zero-order valence-electron chi connectivity index (χ0n) is 18.5. The Bertz CT molecular complexity index is 766. The summed E-state index contributed by atoms with van der Waals surface area (Å²) < 4.78 is 41.3. The summed E-state index contributed by atoms with van der Waals surface area (Å²) in [7, 11) is 0. The molecule has 168 valence electrons. The van der Waals surface area contributed by atoms with Crippen LogP contribution in [0.15, 0.2) is 24.3 Å². The van der Waals surface area contributed by atoms with Crippen LogP contribution in [-0.4, -0.2) is 0 Å². The van der Waals surface area contributed by atoms with Gasteiger partial charge in [0.1, 0.15) is 0 Å². The molecular formula is C28H35F3.